The van der Waals surface area contributed by atoms with Gasteiger partial charge in [-0.05, 0) is 37.1 Å². The van der Waals surface area contributed by atoms with E-state index in [0.717, 1.165) is 47.8 Å². The summed E-state index contributed by atoms with van der Waals surface area (Å²) in [4.78, 5) is 25.2. The molecular weight excluding hydrogens is 428 g/mol. The average molecular weight is 451 g/mol. The minimum absolute atomic E-state index is 0.0727. The Morgan fingerprint density at radius 3 is 2.45 bits per heavy atom. The zero-order valence-corrected chi connectivity index (χ0v) is 19.1. The Hall–Kier alpha value is -2.83. The summed E-state index contributed by atoms with van der Waals surface area (Å²) in [6, 6.07) is 14.4. The molecule has 1 N–H and O–H groups in total. The van der Waals surface area contributed by atoms with Crippen LogP contribution in [0.1, 0.15) is 11.1 Å². The van der Waals surface area contributed by atoms with Crippen molar-refractivity contribution in [3.63, 3.8) is 0 Å². The number of nitrogens with one attached hydrogen (secondary N) is 1. The first kappa shape index (κ1) is 20.1. The Kier molecular flexibility index (Phi) is 5.20. The summed E-state index contributed by atoms with van der Waals surface area (Å²) in [6.07, 6.45) is 0. The van der Waals surface area contributed by atoms with Crippen LogP contribution in [0, 0.1) is 13.8 Å². The number of aromatic amines is 1. The van der Waals surface area contributed by atoms with E-state index >= 15 is 0 Å². The topological polar surface area (TPSA) is 52.2 Å². The highest BCUT2D eigenvalue weighted by Gasteiger charge is 2.22. The van der Waals surface area contributed by atoms with Gasteiger partial charge in [0.1, 0.15) is 4.70 Å². The number of hydrogen-bond donors (Lipinski definition) is 1. The summed E-state index contributed by atoms with van der Waals surface area (Å²) < 4.78 is 0.674. The van der Waals surface area contributed by atoms with Crippen molar-refractivity contribution in [2.45, 2.75) is 13.8 Å². The molecule has 5 rings (SSSR count). The number of H-pyrrole nitrogens is 1. The number of benzene rings is 2. The normalized spacial score (nSPS) is 14.4. The van der Waals surface area contributed by atoms with Crippen LogP contribution in [0.3, 0.4) is 0 Å². The highest BCUT2D eigenvalue weighted by Crippen LogP contribution is 2.32. The second-order valence-corrected chi connectivity index (χ2v) is 9.30. The third kappa shape index (κ3) is 3.82. The third-order valence-corrected chi connectivity index (χ3v) is 7.07. The van der Waals surface area contributed by atoms with Crippen molar-refractivity contribution in [1.82, 2.24) is 9.97 Å². The van der Waals surface area contributed by atoms with Crippen molar-refractivity contribution in [3.05, 3.63) is 74.3 Å². The van der Waals surface area contributed by atoms with Gasteiger partial charge in [-0.3, -0.25) is 9.78 Å². The predicted molar refractivity (Wildman–Crippen MR) is 131 cm³/mol. The fraction of sp³-hybridized carbons (Fsp3) is 0.250. The minimum atomic E-state index is -0.0727. The third-order valence-electron chi connectivity index (χ3n) is 5.87. The maximum Gasteiger partial charge on any atom is 0.270 e. The second-order valence-electron chi connectivity index (χ2n) is 7.99. The molecule has 1 aliphatic heterocycles. The Morgan fingerprint density at radius 2 is 1.71 bits per heavy atom. The molecule has 4 aromatic rings. The Balaban J connectivity index is 1.43. The highest BCUT2D eigenvalue weighted by molar-refractivity contribution is 7.17. The van der Waals surface area contributed by atoms with Crippen LogP contribution in [0.25, 0.3) is 21.3 Å². The van der Waals surface area contributed by atoms with Gasteiger partial charge < -0.3 is 9.80 Å². The molecule has 2 aromatic heterocycles. The van der Waals surface area contributed by atoms with Crippen molar-refractivity contribution in [3.8, 4) is 11.1 Å². The number of halogens is 1. The van der Waals surface area contributed by atoms with E-state index in [0.29, 0.717) is 10.6 Å². The van der Waals surface area contributed by atoms with Gasteiger partial charge in [0.2, 0.25) is 5.95 Å². The number of fused-ring (bicyclic) bond motifs is 1. The molecule has 1 saturated heterocycles. The van der Waals surface area contributed by atoms with E-state index in [2.05, 4.69) is 59.0 Å². The van der Waals surface area contributed by atoms with Crippen molar-refractivity contribution in [2.75, 3.05) is 36.0 Å². The molecule has 0 unspecified atom stereocenters. The summed E-state index contributed by atoms with van der Waals surface area (Å²) in [5, 5.41) is 2.78. The zero-order chi connectivity index (χ0) is 21.5. The van der Waals surface area contributed by atoms with E-state index in [1.54, 1.807) is 0 Å². The molecule has 0 amide bonds. The predicted octanol–water partition coefficient (Wildman–Crippen LogP) is 5.25. The highest BCUT2D eigenvalue weighted by atomic mass is 35.5. The van der Waals surface area contributed by atoms with Crippen molar-refractivity contribution >= 4 is 44.8 Å². The first-order valence-electron chi connectivity index (χ1n) is 10.3. The molecule has 158 valence electrons. The van der Waals surface area contributed by atoms with E-state index in [4.69, 9.17) is 16.6 Å². The standard InChI is InChI=1S/C24H23ClN4OS/c1-15-3-6-17(7-4-15)19-14-31-22-21(19)26-24(27-23(22)30)29-11-9-28(10-12-29)20-13-18(25)8-5-16(20)2/h3-8,13-14H,9-12H2,1-2H3,(H,26,27,30). The molecule has 2 aromatic carbocycles. The van der Waals surface area contributed by atoms with Crippen LogP contribution in [-0.2, 0) is 0 Å². The van der Waals surface area contributed by atoms with Gasteiger partial charge in [-0.25, -0.2) is 4.98 Å². The minimum Gasteiger partial charge on any atom is -0.368 e. The van der Waals surface area contributed by atoms with Gasteiger partial charge >= 0.3 is 0 Å². The maximum atomic E-state index is 12.8. The van der Waals surface area contributed by atoms with Crippen LogP contribution in [0.4, 0.5) is 11.6 Å². The molecule has 0 aliphatic carbocycles. The summed E-state index contributed by atoms with van der Waals surface area (Å²) in [5.74, 6) is 0.645. The maximum absolute atomic E-state index is 12.8. The van der Waals surface area contributed by atoms with E-state index in [9.17, 15) is 4.79 Å². The van der Waals surface area contributed by atoms with Crippen molar-refractivity contribution in [1.29, 1.82) is 0 Å². The molecule has 1 aliphatic rings. The van der Waals surface area contributed by atoms with Crippen LogP contribution in [0.15, 0.2) is 52.6 Å². The summed E-state index contributed by atoms with van der Waals surface area (Å²) in [7, 11) is 0. The number of piperazine rings is 1. The molecule has 5 nitrogen and oxygen atoms in total. The first-order chi connectivity index (χ1) is 15.0. The quantitative estimate of drug-likeness (QED) is 0.463. The second kappa shape index (κ2) is 8.02. The number of aromatic nitrogens is 2. The SMILES string of the molecule is Cc1ccc(-c2csc3c(=O)[nH]c(N4CCN(c5cc(Cl)ccc5C)CC4)nc23)cc1. The summed E-state index contributed by atoms with van der Waals surface area (Å²) in [5.41, 5.74) is 6.40. The smallest absolute Gasteiger partial charge is 0.270 e. The largest absolute Gasteiger partial charge is 0.368 e. The van der Waals surface area contributed by atoms with Gasteiger partial charge in [0.25, 0.3) is 5.56 Å². The van der Waals surface area contributed by atoms with Crippen LogP contribution in [0.5, 0.6) is 0 Å². The molecular formula is C24H23ClN4OS. The molecule has 0 radical (unpaired) electrons. The molecule has 31 heavy (non-hydrogen) atoms. The number of aryl methyl sites for hydroxylation is 2. The van der Waals surface area contributed by atoms with E-state index in [1.165, 1.54) is 28.2 Å². The molecule has 0 atom stereocenters. The lowest BCUT2D eigenvalue weighted by molar-refractivity contribution is 0.639. The summed E-state index contributed by atoms with van der Waals surface area (Å²) >= 11 is 7.66. The van der Waals surface area contributed by atoms with Crippen LogP contribution >= 0.6 is 22.9 Å². The van der Waals surface area contributed by atoms with E-state index in [1.807, 2.05) is 17.5 Å². The lowest BCUT2D eigenvalue weighted by Crippen LogP contribution is -2.47. The Labute approximate surface area is 189 Å². The van der Waals surface area contributed by atoms with Gasteiger partial charge in [0.05, 0.1) is 5.52 Å². The molecule has 7 heteroatoms. The zero-order valence-electron chi connectivity index (χ0n) is 17.5. The molecule has 0 bridgehead atoms. The van der Waals surface area contributed by atoms with Gasteiger partial charge in [-0.15, -0.1) is 11.3 Å². The number of nitrogens with zero attached hydrogens (tertiary/aromatic N) is 3. The molecule has 3 heterocycles. The summed E-state index contributed by atoms with van der Waals surface area (Å²) in [6.45, 7) is 7.43. The lowest BCUT2D eigenvalue weighted by Gasteiger charge is -2.37. The lowest BCUT2D eigenvalue weighted by atomic mass is 10.1. The van der Waals surface area contributed by atoms with Crippen LogP contribution in [-0.4, -0.2) is 36.1 Å². The van der Waals surface area contributed by atoms with Crippen molar-refractivity contribution < 1.29 is 0 Å². The number of anilines is 2. The first-order valence-corrected chi connectivity index (χ1v) is 11.6. The molecule has 1 fully saturated rings. The fourth-order valence-corrected chi connectivity index (χ4v) is 5.16. The number of hydrogen-bond acceptors (Lipinski definition) is 5. The Bertz CT molecular complexity index is 1300. The average Bonchev–Trinajstić information content (AvgIpc) is 3.21. The van der Waals surface area contributed by atoms with Crippen molar-refractivity contribution in [2.24, 2.45) is 0 Å². The van der Waals surface area contributed by atoms with Gasteiger partial charge in [0.15, 0.2) is 0 Å². The number of thiophene rings is 1. The van der Waals surface area contributed by atoms with E-state index in [-0.39, 0.29) is 5.56 Å². The van der Waals surface area contributed by atoms with Gasteiger partial charge in [0, 0.05) is 47.8 Å². The van der Waals surface area contributed by atoms with Crippen LogP contribution in [0.2, 0.25) is 5.02 Å². The van der Waals surface area contributed by atoms with E-state index < -0.39 is 0 Å². The van der Waals surface area contributed by atoms with Gasteiger partial charge in [-0.1, -0.05) is 47.5 Å². The fourth-order valence-electron chi connectivity index (χ4n) is 4.09. The molecule has 0 spiro atoms. The van der Waals surface area contributed by atoms with Gasteiger partial charge in [-0.2, -0.15) is 0 Å². The van der Waals surface area contributed by atoms with Crippen LogP contribution < -0.4 is 15.4 Å². The number of rotatable bonds is 3. The monoisotopic (exact) mass is 450 g/mol. The molecule has 0 saturated carbocycles. The Morgan fingerprint density at radius 1 is 1.00 bits per heavy atom.